The predicted molar refractivity (Wildman–Crippen MR) is 135 cm³/mol. The molecule has 0 radical (unpaired) electrons. The average molecular weight is 472 g/mol. The first-order valence-electron chi connectivity index (χ1n) is 12.5. The molecule has 2 fully saturated rings. The van der Waals surface area contributed by atoms with Gasteiger partial charge >= 0.3 is 11.9 Å². The van der Waals surface area contributed by atoms with Crippen LogP contribution in [0, 0.1) is 16.7 Å². The van der Waals surface area contributed by atoms with E-state index in [2.05, 4.69) is 43.9 Å². The fourth-order valence-electron chi connectivity index (χ4n) is 5.46. The van der Waals surface area contributed by atoms with Crippen molar-refractivity contribution in [2.24, 2.45) is 16.7 Å². The highest BCUT2D eigenvalue weighted by Gasteiger charge is 2.50. The van der Waals surface area contributed by atoms with E-state index in [1.54, 1.807) is 0 Å². The molecule has 3 rings (SSSR count). The van der Waals surface area contributed by atoms with Crippen LogP contribution >= 0.6 is 0 Å². The lowest BCUT2D eigenvalue weighted by Crippen LogP contribution is -2.50. The molecule has 1 aliphatic heterocycles. The fourth-order valence-corrected chi connectivity index (χ4v) is 5.46. The fraction of sp³-hybridized carbons (Fsp3) is 0.643. The topological polar surface area (TPSA) is 65.1 Å². The first-order valence-corrected chi connectivity index (χ1v) is 12.5. The van der Waals surface area contributed by atoms with Crippen molar-refractivity contribution in [3.8, 4) is 5.75 Å². The van der Waals surface area contributed by atoms with Gasteiger partial charge in [-0.15, -0.1) is 0 Å². The Morgan fingerprint density at radius 1 is 1.00 bits per heavy atom. The summed E-state index contributed by atoms with van der Waals surface area (Å²) >= 11 is 0. The Kier molecular flexibility index (Phi) is 8.32. The average Bonchev–Trinajstić information content (AvgIpc) is 2.83. The van der Waals surface area contributed by atoms with Gasteiger partial charge in [0, 0.05) is 24.3 Å². The number of benzene rings is 1. The minimum Gasteiger partial charge on any atom is -0.490 e. The second-order valence-corrected chi connectivity index (χ2v) is 10.7. The van der Waals surface area contributed by atoms with E-state index in [1.165, 1.54) is 27.1 Å². The van der Waals surface area contributed by atoms with Crippen molar-refractivity contribution in [1.29, 1.82) is 0 Å². The van der Waals surface area contributed by atoms with Crippen LogP contribution in [0.3, 0.4) is 0 Å². The zero-order valence-electron chi connectivity index (χ0n) is 21.7. The molecule has 0 atom stereocenters. The Hall–Kier alpha value is -2.50. The van der Waals surface area contributed by atoms with E-state index in [4.69, 9.17) is 14.2 Å². The van der Waals surface area contributed by atoms with Crippen LogP contribution in [0.2, 0.25) is 0 Å². The SMILES string of the molecule is C/C=C\c1cc(O[C@H]2CC[C@H](C(C)(C)C)CC2)ccc1N1CCC(C(=O)OC)(C(=O)OC)CC1. The van der Waals surface area contributed by atoms with Crippen molar-refractivity contribution in [3.05, 3.63) is 29.8 Å². The van der Waals surface area contributed by atoms with Crippen LogP contribution in [0.5, 0.6) is 5.75 Å². The smallest absolute Gasteiger partial charge is 0.323 e. The van der Waals surface area contributed by atoms with Crippen LogP contribution < -0.4 is 9.64 Å². The molecule has 1 aromatic rings. The third-order valence-corrected chi connectivity index (χ3v) is 7.66. The van der Waals surface area contributed by atoms with Gasteiger partial charge in [-0.2, -0.15) is 0 Å². The van der Waals surface area contributed by atoms with Crippen molar-refractivity contribution in [2.75, 3.05) is 32.2 Å². The zero-order valence-corrected chi connectivity index (χ0v) is 21.7. The zero-order chi connectivity index (χ0) is 24.9. The molecule has 0 unspecified atom stereocenters. The van der Waals surface area contributed by atoms with E-state index >= 15 is 0 Å². The van der Waals surface area contributed by atoms with E-state index in [0.717, 1.165) is 35.8 Å². The van der Waals surface area contributed by atoms with Gasteiger partial charge in [0.2, 0.25) is 0 Å². The molecule has 0 spiro atoms. The molecule has 0 aromatic heterocycles. The maximum Gasteiger partial charge on any atom is 0.323 e. The van der Waals surface area contributed by atoms with Crippen LogP contribution in [0.1, 0.15) is 71.8 Å². The van der Waals surface area contributed by atoms with Crippen molar-refractivity contribution >= 4 is 23.7 Å². The highest BCUT2D eigenvalue weighted by molar-refractivity contribution is 6.00. The monoisotopic (exact) mass is 471 g/mol. The lowest BCUT2D eigenvalue weighted by atomic mass is 9.72. The molecular weight excluding hydrogens is 430 g/mol. The van der Waals surface area contributed by atoms with Gasteiger partial charge in [0.25, 0.3) is 0 Å². The summed E-state index contributed by atoms with van der Waals surface area (Å²) in [4.78, 5) is 27.1. The number of ether oxygens (including phenoxy) is 3. The number of esters is 2. The van der Waals surface area contributed by atoms with Crippen LogP contribution in [0.25, 0.3) is 6.08 Å². The van der Waals surface area contributed by atoms with E-state index in [1.807, 2.05) is 19.1 Å². The quantitative estimate of drug-likeness (QED) is 0.395. The van der Waals surface area contributed by atoms with Gasteiger partial charge in [-0.1, -0.05) is 32.9 Å². The summed E-state index contributed by atoms with van der Waals surface area (Å²) in [6, 6.07) is 6.24. The summed E-state index contributed by atoms with van der Waals surface area (Å²) in [6.07, 6.45) is 9.70. The Morgan fingerprint density at radius 2 is 1.59 bits per heavy atom. The van der Waals surface area contributed by atoms with Crippen molar-refractivity contribution in [3.63, 3.8) is 0 Å². The summed E-state index contributed by atoms with van der Waals surface area (Å²) in [5.74, 6) is 0.622. The third-order valence-electron chi connectivity index (χ3n) is 7.66. The summed E-state index contributed by atoms with van der Waals surface area (Å²) in [7, 11) is 2.63. The number of allylic oxidation sites excluding steroid dienone is 1. The predicted octanol–water partition coefficient (Wildman–Crippen LogP) is 5.64. The number of hydrogen-bond acceptors (Lipinski definition) is 6. The number of methoxy groups -OCH3 is 2. The van der Waals surface area contributed by atoms with Crippen LogP contribution in [0.15, 0.2) is 24.3 Å². The molecule has 6 heteroatoms. The number of hydrogen-bond donors (Lipinski definition) is 0. The molecule has 6 nitrogen and oxygen atoms in total. The molecule has 1 aliphatic carbocycles. The van der Waals surface area contributed by atoms with E-state index in [9.17, 15) is 9.59 Å². The number of carbonyl (C=O) groups excluding carboxylic acids is 2. The lowest BCUT2D eigenvalue weighted by Gasteiger charge is -2.39. The molecule has 34 heavy (non-hydrogen) atoms. The number of carbonyl (C=O) groups is 2. The molecule has 2 aliphatic rings. The molecule has 0 amide bonds. The number of piperidine rings is 1. The molecule has 1 saturated carbocycles. The number of nitrogens with zero attached hydrogens (tertiary/aromatic N) is 1. The molecular formula is C28H41NO5. The van der Waals surface area contributed by atoms with Crippen molar-refractivity contribution in [2.45, 2.75) is 72.3 Å². The number of rotatable bonds is 6. The van der Waals surface area contributed by atoms with E-state index in [0.29, 0.717) is 31.3 Å². The highest BCUT2D eigenvalue weighted by Crippen LogP contribution is 2.40. The minimum atomic E-state index is -1.23. The minimum absolute atomic E-state index is 0.263. The van der Waals surface area contributed by atoms with Gasteiger partial charge < -0.3 is 19.1 Å². The van der Waals surface area contributed by atoms with Gasteiger partial charge in [0.15, 0.2) is 5.41 Å². The summed E-state index contributed by atoms with van der Waals surface area (Å²) in [5.41, 5.74) is 1.28. The van der Waals surface area contributed by atoms with Gasteiger partial charge in [-0.3, -0.25) is 9.59 Å². The second kappa shape index (κ2) is 10.8. The summed E-state index contributed by atoms with van der Waals surface area (Å²) in [6.45, 7) is 10.1. The second-order valence-electron chi connectivity index (χ2n) is 10.7. The third kappa shape index (κ3) is 5.59. The molecule has 1 heterocycles. The molecule has 188 valence electrons. The van der Waals surface area contributed by atoms with Gasteiger partial charge in [0.05, 0.1) is 20.3 Å². The normalized spacial score (nSPS) is 22.9. The highest BCUT2D eigenvalue weighted by atomic mass is 16.5. The van der Waals surface area contributed by atoms with Crippen LogP contribution in [-0.4, -0.2) is 45.4 Å². The first kappa shape index (κ1) is 26.1. The molecule has 0 bridgehead atoms. The Labute approximate surface area is 204 Å². The lowest BCUT2D eigenvalue weighted by molar-refractivity contribution is -0.170. The van der Waals surface area contributed by atoms with Gasteiger partial charge in [-0.25, -0.2) is 0 Å². The van der Waals surface area contributed by atoms with Crippen LogP contribution in [-0.2, 0) is 19.1 Å². The first-order chi connectivity index (χ1) is 16.1. The maximum absolute atomic E-state index is 12.4. The maximum atomic E-state index is 12.4. The van der Waals surface area contributed by atoms with Gasteiger partial charge in [-0.05, 0) is 75.0 Å². The van der Waals surface area contributed by atoms with Gasteiger partial charge in [0.1, 0.15) is 5.75 Å². The summed E-state index contributed by atoms with van der Waals surface area (Å²) in [5, 5.41) is 0. The molecule has 1 saturated heterocycles. The van der Waals surface area contributed by atoms with E-state index in [-0.39, 0.29) is 6.10 Å². The molecule has 1 aromatic carbocycles. The number of anilines is 1. The van der Waals surface area contributed by atoms with Crippen molar-refractivity contribution < 1.29 is 23.8 Å². The van der Waals surface area contributed by atoms with Crippen molar-refractivity contribution in [1.82, 2.24) is 0 Å². The Balaban J connectivity index is 1.71. The van der Waals surface area contributed by atoms with E-state index < -0.39 is 17.4 Å². The standard InChI is InChI=1S/C28H41NO5/c1-7-8-20-19-23(34-22-11-9-21(10-12-22)27(2,3)4)13-14-24(20)29-17-15-28(16-18-29,25(30)32-5)26(31)33-6/h7-8,13-14,19,21-22H,9-12,15-18H2,1-6H3/b8-7-/t21-,22-. The largest absolute Gasteiger partial charge is 0.490 e. The van der Waals surface area contributed by atoms with Crippen LogP contribution in [0.4, 0.5) is 5.69 Å². The summed E-state index contributed by atoms with van der Waals surface area (Å²) < 4.78 is 16.3. The Morgan fingerprint density at radius 3 is 2.09 bits per heavy atom. The Bertz CT molecular complexity index is 867. The molecule has 0 N–H and O–H groups in total.